The number of hydrogen-bond acceptors (Lipinski definition) is 10. The molecule has 3 aromatic carbocycles. The van der Waals surface area contributed by atoms with E-state index < -0.39 is 65.6 Å². The molecule has 58 heavy (non-hydrogen) atoms. The minimum Gasteiger partial charge on any atom is -0.493 e. The van der Waals surface area contributed by atoms with E-state index >= 15 is 0 Å². The van der Waals surface area contributed by atoms with E-state index in [4.69, 9.17) is 35.0 Å². The second kappa shape index (κ2) is 14.9. The highest BCUT2D eigenvalue weighted by molar-refractivity contribution is 6.20. The minimum atomic E-state index is -5.09. The Morgan fingerprint density at radius 2 is 1.84 bits per heavy atom. The first kappa shape index (κ1) is 38.6. The van der Waals surface area contributed by atoms with Gasteiger partial charge in [-0.25, -0.2) is 9.59 Å². The molecule has 0 spiro atoms. The third-order valence-electron chi connectivity index (χ3n) is 10.2. The van der Waals surface area contributed by atoms with Gasteiger partial charge < -0.3 is 48.7 Å². The summed E-state index contributed by atoms with van der Waals surface area (Å²) in [6.07, 6.45) is -6.09. The molecule has 0 saturated carbocycles. The number of aliphatic hydroxyl groups excluding tert-OH is 1. The van der Waals surface area contributed by atoms with Crippen LogP contribution in [0.3, 0.4) is 0 Å². The van der Waals surface area contributed by atoms with Gasteiger partial charge in [0, 0.05) is 58.3 Å². The Hall–Kier alpha value is -6.24. The first-order valence-corrected chi connectivity index (χ1v) is 18.3. The van der Waals surface area contributed by atoms with Crippen LogP contribution in [0.15, 0.2) is 59.0 Å². The highest BCUT2D eigenvalue weighted by Crippen LogP contribution is 2.50. The van der Waals surface area contributed by atoms with Crippen LogP contribution in [0.25, 0.3) is 32.8 Å². The largest absolute Gasteiger partial charge is 0.493 e. The summed E-state index contributed by atoms with van der Waals surface area (Å²) in [5.41, 5.74) is -1.10. The maximum absolute atomic E-state index is 14.6. The molecule has 2 aliphatic heterocycles. The number of fused-ring (bicyclic) bond motifs is 5. The van der Waals surface area contributed by atoms with E-state index in [2.05, 4.69) is 15.3 Å². The molecule has 2 atom stereocenters. The maximum Gasteiger partial charge on any atom is 0.432 e. The number of nitrogens with zero attached hydrogens (tertiary/aromatic N) is 2. The standard InChI is InChI=1S/C39H33ClF3N5O10/c1-54-26-5-3-4-18-12-28(57-33(18)26)35(50)44-21-6-7-23-19(10-21)11-24(45-23)36(51)48-15-20(14-40)29-25(48)13-27(58-38(53)47-8-9-56-17-22(47)16-49)32-30(29)31(37(52)55-2)34(46-32)39(41,42)43/h3-7,10-13,20,22,45-46,49H,8-9,14-17H2,1-2H3,(H,44,50)/t20-,22-/m1/s1. The smallest absolute Gasteiger partial charge is 0.432 e. The fourth-order valence-corrected chi connectivity index (χ4v) is 7.74. The lowest BCUT2D eigenvalue weighted by atomic mass is 9.95. The Balaban J connectivity index is 1.17. The van der Waals surface area contributed by atoms with Gasteiger partial charge in [0.1, 0.15) is 11.4 Å². The number of amides is 3. The number of carbonyl (C=O) groups excluding carboxylic acids is 4. The van der Waals surface area contributed by atoms with Gasteiger partial charge in [-0.05, 0) is 42.0 Å². The molecule has 1 saturated heterocycles. The van der Waals surface area contributed by atoms with Crippen molar-refractivity contribution in [2.45, 2.75) is 18.1 Å². The van der Waals surface area contributed by atoms with E-state index in [9.17, 15) is 37.5 Å². The molecule has 8 rings (SSSR count). The van der Waals surface area contributed by atoms with Crippen LogP contribution in [0.4, 0.5) is 29.3 Å². The van der Waals surface area contributed by atoms with Gasteiger partial charge in [-0.1, -0.05) is 12.1 Å². The Kier molecular flexibility index (Phi) is 9.94. The number of methoxy groups -OCH3 is 2. The van der Waals surface area contributed by atoms with Crippen molar-refractivity contribution in [3.8, 4) is 11.5 Å². The number of para-hydroxylation sites is 1. The van der Waals surface area contributed by atoms with Crippen molar-refractivity contribution >= 4 is 79.6 Å². The van der Waals surface area contributed by atoms with Crippen LogP contribution in [0.2, 0.25) is 0 Å². The quantitative estimate of drug-likeness (QED) is 0.0958. The summed E-state index contributed by atoms with van der Waals surface area (Å²) < 4.78 is 70.6. The summed E-state index contributed by atoms with van der Waals surface area (Å²) in [6.45, 7) is -0.464. The second-order valence-corrected chi connectivity index (χ2v) is 13.9. The normalized spacial score (nSPS) is 16.9. The molecule has 0 radical (unpaired) electrons. The summed E-state index contributed by atoms with van der Waals surface area (Å²) >= 11 is 6.41. The summed E-state index contributed by atoms with van der Waals surface area (Å²) in [5, 5.41) is 13.6. The second-order valence-electron chi connectivity index (χ2n) is 13.6. The van der Waals surface area contributed by atoms with Crippen LogP contribution in [0.1, 0.15) is 48.6 Å². The zero-order valence-electron chi connectivity index (χ0n) is 30.6. The van der Waals surface area contributed by atoms with Crippen molar-refractivity contribution in [1.29, 1.82) is 0 Å². The number of aromatic nitrogens is 2. The average molecular weight is 824 g/mol. The van der Waals surface area contributed by atoms with Gasteiger partial charge in [-0.3, -0.25) is 14.5 Å². The molecule has 302 valence electrons. The van der Waals surface area contributed by atoms with Crippen LogP contribution in [-0.4, -0.2) is 103 Å². The number of hydrogen-bond donors (Lipinski definition) is 4. The number of rotatable bonds is 8. The molecule has 0 aliphatic carbocycles. The van der Waals surface area contributed by atoms with Crippen molar-refractivity contribution in [3.63, 3.8) is 0 Å². The summed E-state index contributed by atoms with van der Waals surface area (Å²) in [7, 11) is 2.42. The SMILES string of the molecule is COC(=O)c1c(C(F)(F)F)[nH]c2c(OC(=O)N3CCOC[C@H]3CO)cc3c(c12)[C@H](CCl)CN3C(=O)c1cc2cc(NC(=O)c3cc4cccc(OC)c4o3)ccc2[nH]1. The summed E-state index contributed by atoms with van der Waals surface area (Å²) in [6, 6.07) is 13.7. The van der Waals surface area contributed by atoms with Gasteiger partial charge in [-0.15, -0.1) is 11.6 Å². The third kappa shape index (κ3) is 6.61. The zero-order chi connectivity index (χ0) is 41.0. The first-order valence-electron chi connectivity index (χ1n) is 17.8. The third-order valence-corrected chi connectivity index (χ3v) is 10.6. The number of benzene rings is 3. The van der Waals surface area contributed by atoms with Gasteiger partial charge >= 0.3 is 18.2 Å². The molecule has 5 heterocycles. The number of halogens is 4. The predicted molar refractivity (Wildman–Crippen MR) is 203 cm³/mol. The topological polar surface area (TPSA) is 189 Å². The van der Waals surface area contributed by atoms with Crippen LogP contribution in [0, 0.1) is 0 Å². The minimum absolute atomic E-state index is 0.00655. The van der Waals surface area contributed by atoms with Gasteiger partial charge in [0.15, 0.2) is 22.8 Å². The fourth-order valence-electron chi connectivity index (χ4n) is 7.49. The van der Waals surface area contributed by atoms with E-state index in [1.165, 1.54) is 29.0 Å². The zero-order valence-corrected chi connectivity index (χ0v) is 31.4. The Labute approximate surface area is 330 Å². The van der Waals surface area contributed by atoms with Crippen molar-refractivity contribution in [3.05, 3.63) is 82.9 Å². The summed E-state index contributed by atoms with van der Waals surface area (Å²) in [4.78, 5) is 62.0. The average Bonchev–Trinajstić information content (AvgIpc) is 4.02. The molecule has 15 nitrogen and oxygen atoms in total. The number of morpholine rings is 1. The first-order chi connectivity index (χ1) is 27.8. The molecule has 0 bridgehead atoms. The molecular weight excluding hydrogens is 791 g/mol. The highest BCUT2D eigenvalue weighted by Gasteiger charge is 2.44. The van der Waals surface area contributed by atoms with Gasteiger partial charge in [0.25, 0.3) is 11.8 Å². The molecule has 0 unspecified atom stereocenters. The van der Waals surface area contributed by atoms with Crippen molar-refractivity contribution in [2.24, 2.45) is 0 Å². The Bertz CT molecular complexity index is 2640. The predicted octanol–water partition coefficient (Wildman–Crippen LogP) is 6.64. The molecular formula is C39H33ClF3N5O10. The lowest BCUT2D eigenvalue weighted by molar-refractivity contribution is -0.141. The number of esters is 1. The van der Waals surface area contributed by atoms with Crippen molar-refractivity contribution in [1.82, 2.24) is 14.9 Å². The van der Waals surface area contributed by atoms with E-state index in [0.717, 1.165) is 7.11 Å². The number of aliphatic hydroxyl groups is 1. The molecule has 3 aromatic heterocycles. The number of anilines is 2. The molecule has 19 heteroatoms. The number of H-pyrrole nitrogens is 2. The number of alkyl halides is 4. The number of ether oxygens (including phenoxy) is 4. The highest BCUT2D eigenvalue weighted by atomic mass is 35.5. The number of aromatic amines is 2. The van der Waals surface area contributed by atoms with Crippen LogP contribution >= 0.6 is 11.6 Å². The monoisotopic (exact) mass is 823 g/mol. The molecule has 2 aliphatic rings. The van der Waals surface area contributed by atoms with Gasteiger partial charge in [0.2, 0.25) is 0 Å². The van der Waals surface area contributed by atoms with E-state index in [1.807, 2.05) is 0 Å². The Morgan fingerprint density at radius 1 is 1.03 bits per heavy atom. The summed E-state index contributed by atoms with van der Waals surface area (Å²) in [5.74, 6) is -3.34. The molecule has 6 aromatic rings. The van der Waals surface area contributed by atoms with Crippen molar-refractivity contribution in [2.75, 3.05) is 63.2 Å². The lowest BCUT2D eigenvalue weighted by Gasteiger charge is -2.33. The molecule has 4 N–H and O–H groups in total. The molecule has 3 amide bonds. The van der Waals surface area contributed by atoms with Gasteiger partial charge in [0.05, 0.1) is 56.8 Å². The molecule has 1 fully saturated rings. The lowest BCUT2D eigenvalue weighted by Crippen LogP contribution is -2.51. The number of furan rings is 1. The van der Waals surface area contributed by atoms with E-state index in [0.29, 0.717) is 33.3 Å². The Morgan fingerprint density at radius 3 is 2.57 bits per heavy atom. The fraction of sp³-hybridized carbons (Fsp3) is 0.282. The van der Waals surface area contributed by atoms with Crippen LogP contribution < -0.4 is 19.7 Å². The van der Waals surface area contributed by atoms with Gasteiger partial charge in [-0.2, -0.15) is 13.2 Å². The van der Waals surface area contributed by atoms with Crippen LogP contribution in [-0.2, 0) is 15.7 Å². The number of carbonyl (C=O) groups is 4. The van der Waals surface area contributed by atoms with E-state index in [1.54, 1.807) is 42.5 Å². The maximum atomic E-state index is 14.6. The number of nitrogens with one attached hydrogen (secondary N) is 3. The van der Waals surface area contributed by atoms with Crippen LogP contribution in [0.5, 0.6) is 11.5 Å². The van der Waals surface area contributed by atoms with E-state index in [-0.39, 0.29) is 65.8 Å². The van der Waals surface area contributed by atoms with Crippen molar-refractivity contribution < 1.29 is 60.8 Å².